The van der Waals surface area contributed by atoms with Gasteiger partial charge in [-0.2, -0.15) is 5.10 Å². The summed E-state index contributed by atoms with van der Waals surface area (Å²) in [4.78, 5) is 6.37. The van der Waals surface area contributed by atoms with E-state index < -0.39 is 0 Å². The summed E-state index contributed by atoms with van der Waals surface area (Å²) in [5.74, 6) is 0.716. The van der Waals surface area contributed by atoms with Crippen molar-refractivity contribution in [2.75, 3.05) is 0 Å². The Morgan fingerprint density at radius 3 is 2.73 bits per heavy atom. The van der Waals surface area contributed by atoms with E-state index in [1.54, 1.807) is 46.7 Å². The van der Waals surface area contributed by atoms with Gasteiger partial charge in [0.1, 0.15) is 5.69 Å². The molecule has 26 heavy (non-hydrogen) atoms. The fraction of sp³-hybridized carbons (Fsp3) is 0. The fourth-order valence-corrected chi connectivity index (χ4v) is 4.10. The molecule has 0 unspecified atom stereocenters. The van der Waals surface area contributed by atoms with Gasteiger partial charge in [-0.25, -0.2) is 9.67 Å². The number of furan rings is 1. The predicted molar refractivity (Wildman–Crippen MR) is 109 cm³/mol. The monoisotopic (exact) mass is 419 g/mol. The van der Waals surface area contributed by atoms with Crippen molar-refractivity contribution in [2.45, 2.75) is 0 Å². The van der Waals surface area contributed by atoms with E-state index in [1.807, 2.05) is 35.0 Å². The highest BCUT2D eigenvalue weighted by atomic mass is 35.5. The zero-order chi connectivity index (χ0) is 17.9. The zero-order valence-corrected chi connectivity index (χ0v) is 16.3. The van der Waals surface area contributed by atoms with Crippen LogP contribution in [0.4, 0.5) is 5.69 Å². The van der Waals surface area contributed by atoms with E-state index >= 15 is 0 Å². The molecule has 0 aliphatic carbocycles. The lowest BCUT2D eigenvalue weighted by Gasteiger charge is -2.01. The largest absolute Gasteiger partial charge is 0.463 e. The van der Waals surface area contributed by atoms with Crippen molar-refractivity contribution < 1.29 is 4.42 Å². The van der Waals surface area contributed by atoms with Gasteiger partial charge >= 0.3 is 0 Å². The Hall–Kier alpha value is -2.12. The summed E-state index contributed by atoms with van der Waals surface area (Å²) in [5, 5.41) is 9.61. The summed E-state index contributed by atoms with van der Waals surface area (Å²) in [7, 11) is 0. The molecule has 0 saturated carbocycles. The molecule has 0 atom stereocenters. The number of aromatic nitrogens is 1. The number of rotatable bonds is 4. The summed E-state index contributed by atoms with van der Waals surface area (Å²) >= 11 is 15.3. The molecule has 0 aliphatic rings. The van der Waals surface area contributed by atoms with Gasteiger partial charge < -0.3 is 4.42 Å². The molecule has 0 radical (unpaired) electrons. The van der Waals surface area contributed by atoms with Crippen LogP contribution in [0.15, 0.2) is 74.0 Å². The highest BCUT2D eigenvalue weighted by molar-refractivity contribution is 7.11. The quantitative estimate of drug-likeness (QED) is 0.358. The van der Waals surface area contributed by atoms with Crippen molar-refractivity contribution in [3.63, 3.8) is 0 Å². The lowest BCUT2D eigenvalue weighted by molar-refractivity contribution is 0.575. The molecule has 3 aromatic heterocycles. The van der Waals surface area contributed by atoms with Crippen LogP contribution in [0, 0.1) is 0 Å². The summed E-state index contributed by atoms with van der Waals surface area (Å²) < 4.78 is 7.27. The first kappa shape index (κ1) is 17.3. The van der Waals surface area contributed by atoms with E-state index in [0.717, 1.165) is 10.6 Å². The second-order valence-corrected chi connectivity index (χ2v) is 7.82. The van der Waals surface area contributed by atoms with Gasteiger partial charge in [0.05, 0.1) is 23.2 Å². The highest BCUT2D eigenvalue weighted by Gasteiger charge is 2.10. The Bertz CT molecular complexity index is 1110. The van der Waals surface area contributed by atoms with E-state index in [9.17, 15) is 0 Å². The first-order chi connectivity index (χ1) is 12.7. The maximum atomic E-state index is 6.26. The smallest absolute Gasteiger partial charge is 0.211 e. The molecule has 4 rings (SSSR count). The number of nitrogens with zero attached hydrogens (tertiary/aromatic N) is 3. The zero-order valence-electron chi connectivity index (χ0n) is 13.2. The third kappa shape index (κ3) is 3.68. The van der Waals surface area contributed by atoms with Gasteiger partial charge in [0, 0.05) is 15.3 Å². The Morgan fingerprint density at radius 2 is 2.00 bits per heavy atom. The van der Waals surface area contributed by atoms with Crippen LogP contribution in [-0.4, -0.2) is 10.9 Å². The van der Waals surface area contributed by atoms with Crippen LogP contribution < -0.4 is 4.80 Å². The number of hydrogen-bond donors (Lipinski definition) is 0. The van der Waals surface area contributed by atoms with Crippen LogP contribution in [0.3, 0.4) is 0 Å². The fourth-order valence-electron chi connectivity index (χ4n) is 2.24. The van der Waals surface area contributed by atoms with Gasteiger partial charge in [-0.1, -0.05) is 29.3 Å². The molecule has 0 aliphatic heterocycles. The predicted octanol–water partition coefficient (Wildman–Crippen LogP) is 6.29. The van der Waals surface area contributed by atoms with Gasteiger partial charge in [-0.15, -0.1) is 22.7 Å². The minimum atomic E-state index is 0.485. The van der Waals surface area contributed by atoms with E-state index in [2.05, 4.69) is 10.1 Å². The average molecular weight is 420 g/mol. The van der Waals surface area contributed by atoms with Gasteiger partial charge in [0.15, 0.2) is 5.76 Å². The summed E-state index contributed by atoms with van der Waals surface area (Å²) in [5.41, 5.74) is 1.45. The average Bonchev–Trinajstić information content (AvgIpc) is 3.37. The maximum Gasteiger partial charge on any atom is 0.211 e. The molecule has 0 spiro atoms. The first-order valence-electron chi connectivity index (χ1n) is 7.53. The molecule has 4 aromatic rings. The molecule has 3 heterocycles. The lowest BCUT2D eigenvalue weighted by Crippen LogP contribution is -2.11. The molecule has 1 aromatic carbocycles. The van der Waals surface area contributed by atoms with Crippen LogP contribution in [0.2, 0.25) is 10.0 Å². The molecule has 8 heteroatoms. The molecular weight excluding hydrogens is 409 g/mol. The molecule has 0 fully saturated rings. The molecule has 0 N–H and O–H groups in total. The Kier molecular flexibility index (Phi) is 5.08. The number of benzene rings is 1. The van der Waals surface area contributed by atoms with Crippen LogP contribution in [0.5, 0.6) is 0 Å². The van der Waals surface area contributed by atoms with Crippen molar-refractivity contribution >= 4 is 57.8 Å². The van der Waals surface area contributed by atoms with Crippen molar-refractivity contribution in [3.05, 3.63) is 79.2 Å². The van der Waals surface area contributed by atoms with Gasteiger partial charge in [0.25, 0.3) is 0 Å². The van der Waals surface area contributed by atoms with Crippen LogP contribution >= 0.6 is 45.9 Å². The third-order valence-corrected chi connectivity index (χ3v) is 5.59. The normalized spacial score (nSPS) is 12.3. The molecule has 0 saturated heterocycles. The van der Waals surface area contributed by atoms with E-state index in [-0.39, 0.29) is 0 Å². The maximum absolute atomic E-state index is 6.26. The van der Waals surface area contributed by atoms with Crippen molar-refractivity contribution in [2.24, 2.45) is 10.1 Å². The second-order valence-electron chi connectivity index (χ2n) is 5.16. The standard InChI is InChI=1S/C18H11Cl2N3OS2/c19-12-5-6-15(14(20)9-12)22-18-23(21-10-13-3-2-8-25-13)16(11-26-18)17-4-1-7-24-17/h1-11H. The number of hydrogen-bond acceptors (Lipinski definition) is 5. The van der Waals surface area contributed by atoms with Gasteiger partial charge in [0.2, 0.25) is 4.80 Å². The summed E-state index contributed by atoms with van der Waals surface area (Å²) in [6, 6.07) is 12.9. The number of halogens is 2. The Balaban J connectivity index is 1.85. The van der Waals surface area contributed by atoms with E-state index in [0.29, 0.717) is 26.3 Å². The topological polar surface area (TPSA) is 42.8 Å². The Labute approximate surface area is 167 Å². The summed E-state index contributed by atoms with van der Waals surface area (Å²) in [6.45, 7) is 0. The van der Waals surface area contributed by atoms with E-state index in [1.165, 1.54) is 11.3 Å². The first-order valence-corrected chi connectivity index (χ1v) is 10.0. The molecule has 0 bridgehead atoms. The number of thiazole rings is 1. The Morgan fingerprint density at radius 1 is 1.08 bits per heavy atom. The van der Waals surface area contributed by atoms with E-state index in [4.69, 9.17) is 27.6 Å². The second kappa shape index (κ2) is 7.63. The van der Waals surface area contributed by atoms with Crippen molar-refractivity contribution in [3.8, 4) is 11.5 Å². The minimum absolute atomic E-state index is 0.485. The molecule has 0 amide bonds. The van der Waals surface area contributed by atoms with Crippen LogP contribution in [-0.2, 0) is 0 Å². The minimum Gasteiger partial charge on any atom is -0.463 e. The third-order valence-electron chi connectivity index (χ3n) is 3.43. The highest BCUT2D eigenvalue weighted by Crippen LogP contribution is 2.28. The number of thiophene rings is 1. The summed E-state index contributed by atoms with van der Waals surface area (Å²) in [6.07, 6.45) is 3.43. The van der Waals surface area contributed by atoms with Crippen molar-refractivity contribution in [1.82, 2.24) is 4.68 Å². The molecule has 130 valence electrons. The van der Waals surface area contributed by atoms with Crippen LogP contribution in [0.1, 0.15) is 4.88 Å². The molecular formula is C18H11Cl2N3OS2. The SMILES string of the molecule is Clc1ccc(N=c2scc(-c3ccco3)n2N=Cc2cccs2)c(Cl)c1. The van der Waals surface area contributed by atoms with Gasteiger partial charge in [-0.05, 0) is 41.8 Å². The van der Waals surface area contributed by atoms with Crippen molar-refractivity contribution in [1.29, 1.82) is 0 Å². The van der Waals surface area contributed by atoms with Crippen LogP contribution in [0.25, 0.3) is 11.5 Å². The van der Waals surface area contributed by atoms with Gasteiger partial charge in [-0.3, -0.25) is 0 Å². The lowest BCUT2D eigenvalue weighted by atomic mass is 10.3. The molecule has 4 nitrogen and oxygen atoms in total.